The first-order valence-corrected chi connectivity index (χ1v) is 8.01. The molecule has 0 radical (unpaired) electrons. The number of hydrogen-bond acceptors (Lipinski definition) is 5. The van der Waals surface area contributed by atoms with Crippen LogP contribution in [0.15, 0.2) is 41.8 Å². The molecule has 1 aromatic heterocycles. The third-order valence-corrected chi connectivity index (χ3v) is 4.40. The number of rotatable bonds is 7. The number of nitriles is 1. The maximum atomic E-state index is 12.0. The standard InChI is InChI=1S/C17H18N2O3S/c1-17(21,15-3-2-10-23-15)12-19-16(20)11-13-4-6-14(7-5-13)22-9-8-18/h2-7,10,21H,9,11-12H2,1H3,(H,19,20). The van der Waals surface area contributed by atoms with Crippen LogP contribution in [0.5, 0.6) is 5.75 Å². The first kappa shape index (κ1) is 17.0. The lowest BCUT2D eigenvalue weighted by atomic mass is 10.0. The van der Waals surface area contributed by atoms with Gasteiger partial charge in [0.05, 0.1) is 13.0 Å². The Kier molecular flexibility index (Phi) is 5.74. The summed E-state index contributed by atoms with van der Waals surface area (Å²) in [5.41, 5.74) is -0.235. The predicted octanol–water partition coefficient (Wildman–Crippen LogP) is 2.22. The SMILES string of the molecule is CC(O)(CNC(=O)Cc1ccc(OCC#N)cc1)c1cccs1. The molecule has 6 heteroatoms. The van der Waals surface area contributed by atoms with Crippen LogP contribution >= 0.6 is 11.3 Å². The average molecular weight is 330 g/mol. The van der Waals surface area contributed by atoms with E-state index in [0.717, 1.165) is 10.4 Å². The van der Waals surface area contributed by atoms with Crippen LogP contribution in [0.3, 0.4) is 0 Å². The second-order valence-electron chi connectivity index (χ2n) is 5.30. The van der Waals surface area contributed by atoms with Crippen molar-refractivity contribution in [3.05, 3.63) is 52.2 Å². The molecule has 1 heterocycles. The molecule has 0 aliphatic carbocycles. The number of carbonyl (C=O) groups is 1. The van der Waals surface area contributed by atoms with E-state index in [9.17, 15) is 9.90 Å². The Morgan fingerprint density at radius 3 is 2.74 bits per heavy atom. The van der Waals surface area contributed by atoms with Crippen LogP contribution in [-0.4, -0.2) is 24.2 Å². The molecule has 1 amide bonds. The Hall–Kier alpha value is -2.36. The molecule has 120 valence electrons. The third kappa shape index (κ3) is 5.09. The average Bonchev–Trinajstić information content (AvgIpc) is 3.08. The van der Waals surface area contributed by atoms with Gasteiger partial charge in [-0.1, -0.05) is 18.2 Å². The molecule has 0 saturated carbocycles. The lowest BCUT2D eigenvalue weighted by Gasteiger charge is -2.22. The molecule has 2 rings (SSSR count). The molecule has 5 nitrogen and oxygen atoms in total. The number of thiophene rings is 1. The molecule has 0 fully saturated rings. The normalized spacial score (nSPS) is 12.9. The van der Waals surface area contributed by atoms with Crippen LogP contribution in [0.2, 0.25) is 0 Å². The number of carbonyl (C=O) groups excluding carboxylic acids is 1. The van der Waals surface area contributed by atoms with E-state index in [0.29, 0.717) is 5.75 Å². The van der Waals surface area contributed by atoms with Crippen molar-refractivity contribution in [2.24, 2.45) is 0 Å². The number of aliphatic hydroxyl groups is 1. The number of hydrogen-bond donors (Lipinski definition) is 2. The highest BCUT2D eigenvalue weighted by atomic mass is 32.1. The highest BCUT2D eigenvalue weighted by Crippen LogP contribution is 2.24. The van der Waals surface area contributed by atoms with Gasteiger partial charge in [-0.15, -0.1) is 11.3 Å². The Labute approximate surface area is 139 Å². The first-order chi connectivity index (χ1) is 11.0. The van der Waals surface area contributed by atoms with Crippen LogP contribution in [0, 0.1) is 11.3 Å². The third-order valence-electron chi connectivity index (χ3n) is 3.27. The summed E-state index contributed by atoms with van der Waals surface area (Å²) in [7, 11) is 0. The Balaban J connectivity index is 1.84. The van der Waals surface area contributed by atoms with E-state index in [1.54, 1.807) is 31.2 Å². The van der Waals surface area contributed by atoms with Crippen molar-refractivity contribution < 1.29 is 14.6 Å². The second-order valence-corrected chi connectivity index (χ2v) is 6.24. The summed E-state index contributed by atoms with van der Waals surface area (Å²) in [6, 6.07) is 12.6. The summed E-state index contributed by atoms with van der Waals surface area (Å²) < 4.78 is 5.16. The molecule has 0 bridgehead atoms. The molecule has 0 saturated heterocycles. The van der Waals surface area contributed by atoms with Crippen molar-refractivity contribution in [3.8, 4) is 11.8 Å². The molecule has 2 aromatic rings. The molecular weight excluding hydrogens is 312 g/mol. The number of nitrogens with one attached hydrogen (secondary N) is 1. The quantitative estimate of drug-likeness (QED) is 0.815. The van der Waals surface area contributed by atoms with Crippen LogP contribution < -0.4 is 10.1 Å². The van der Waals surface area contributed by atoms with E-state index in [1.807, 2.05) is 23.6 Å². The van der Waals surface area contributed by atoms with E-state index in [-0.39, 0.29) is 25.5 Å². The lowest BCUT2D eigenvalue weighted by Crippen LogP contribution is -2.38. The summed E-state index contributed by atoms with van der Waals surface area (Å²) >= 11 is 1.46. The molecule has 2 N–H and O–H groups in total. The van der Waals surface area contributed by atoms with Gasteiger partial charge in [0.2, 0.25) is 5.91 Å². The number of amides is 1. The van der Waals surface area contributed by atoms with Gasteiger partial charge < -0.3 is 15.2 Å². The zero-order chi connectivity index (χ0) is 16.7. The van der Waals surface area contributed by atoms with E-state index in [4.69, 9.17) is 10.00 Å². The van der Waals surface area contributed by atoms with E-state index in [2.05, 4.69) is 5.32 Å². The Morgan fingerprint density at radius 2 is 2.13 bits per heavy atom. The minimum atomic E-state index is -1.07. The van der Waals surface area contributed by atoms with Crippen molar-refractivity contribution in [2.75, 3.05) is 13.2 Å². The highest BCUT2D eigenvalue weighted by Gasteiger charge is 2.24. The maximum absolute atomic E-state index is 12.0. The predicted molar refractivity (Wildman–Crippen MR) is 88.2 cm³/mol. The van der Waals surface area contributed by atoms with Gasteiger partial charge in [-0.2, -0.15) is 5.26 Å². The fraction of sp³-hybridized carbons (Fsp3) is 0.294. The maximum Gasteiger partial charge on any atom is 0.224 e. The van der Waals surface area contributed by atoms with Crippen LogP contribution in [0.25, 0.3) is 0 Å². The van der Waals surface area contributed by atoms with E-state index in [1.165, 1.54) is 11.3 Å². The Morgan fingerprint density at radius 1 is 1.39 bits per heavy atom. The molecular formula is C17H18N2O3S. The fourth-order valence-corrected chi connectivity index (χ4v) is 2.80. The first-order valence-electron chi connectivity index (χ1n) is 7.13. The van der Waals surface area contributed by atoms with Crippen LogP contribution in [0.4, 0.5) is 0 Å². The van der Waals surface area contributed by atoms with Crippen LogP contribution in [0.1, 0.15) is 17.4 Å². The number of ether oxygens (including phenoxy) is 1. The van der Waals surface area contributed by atoms with Crippen molar-refractivity contribution in [2.45, 2.75) is 18.9 Å². The molecule has 23 heavy (non-hydrogen) atoms. The number of benzene rings is 1. The van der Waals surface area contributed by atoms with Gasteiger partial charge in [-0.3, -0.25) is 4.79 Å². The van der Waals surface area contributed by atoms with Crippen molar-refractivity contribution in [1.29, 1.82) is 5.26 Å². The largest absolute Gasteiger partial charge is 0.479 e. The van der Waals surface area contributed by atoms with Gasteiger partial charge in [0.1, 0.15) is 17.4 Å². The topological polar surface area (TPSA) is 82.3 Å². The summed E-state index contributed by atoms with van der Waals surface area (Å²) in [6.45, 7) is 1.84. The van der Waals surface area contributed by atoms with Crippen molar-refractivity contribution in [3.63, 3.8) is 0 Å². The second kappa shape index (κ2) is 7.77. The van der Waals surface area contributed by atoms with Crippen LogP contribution in [-0.2, 0) is 16.8 Å². The van der Waals surface area contributed by atoms with Crippen molar-refractivity contribution >= 4 is 17.2 Å². The zero-order valence-corrected chi connectivity index (χ0v) is 13.6. The molecule has 1 unspecified atom stereocenters. The van der Waals surface area contributed by atoms with Gasteiger partial charge in [-0.05, 0) is 36.1 Å². The summed E-state index contributed by atoms with van der Waals surface area (Å²) in [6.07, 6.45) is 0.221. The monoisotopic (exact) mass is 330 g/mol. The Bertz CT molecular complexity index is 673. The van der Waals surface area contributed by atoms with Gasteiger partial charge >= 0.3 is 0 Å². The van der Waals surface area contributed by atoms with Gasteiger partial charge in [0.25, 0.3) is 0 Å². The number of nitrogens with zero attached hydrogens (tertiary/aromatic N) is 1. The molecule has 0 aliphatic heterocycles. The molecule has 1 aromatic carbocycles. The molecule has 0 spiro atoms. The minimum Gasteiger partial charge on any atom is -0.479 e. The fourth-order valence-electron chi connectivity index (χ4n) is 2.01. The molecule has 0 aliphatic rings. The van der Waals surface area contributed by atoms with Gasteiger partial charge in [-0.25, -0.2) is 0 Å². The summed E-state index contributed by atoms with van der Waals surface area (Å²) in [5, 5.41) is 23.5. The minimum absolute atomic E-state index is 0.00235. The smallest absolute Gasteiger partial charge is 0.224 e. The summed E-state index contributed by atoms with van der Waals surface area (Å²) in [5.74, 6) is 0.434. The molecule has 1 atom stereocenters. The zero-order valence-electron chi connectivity index (χ0n) is 12.8. The van der Waals surface area contributed by atoms with Crippen molar-refractivity contribution in [1.82, 2.24) is 5.32 Å². The summed E-state index contributed by atoms with van der Waals surface area (Å²) in [4.78, 5) is 12.8. The van der Waals surface area contributed by atoms with E-state index < -0.39 is 5.60 Å². The van der Waals surface area contributed by atoms with Gasteiger partial charge in [0.15, 0.2) is 6.61 Å². The highest BCUT2D eigenvalue weighted by molar-refractivity contribution is 7.10. The lowest BCUT2D eigenvalue weighted by molar-refractivity contribution is -0.121. The van der Waals surface area contributed by atoms with E-state index >= 15 is 0 Å². The van der Waals surface area contributed by atoms with Gasteiger partial charge in [0, 0.05) is 4.88 Å².